The maximum absolute atomic E-state index is 12.2. The van der Waals surface area contributed by atoms with Crippen LogP contribution in [0.4, 0.5) is 0 Å². The molecule has 0 spiro atoms. The average Bonchev–Trinajstić information content (AvgIpc) is 2.58. The number of pyridine rings is 1. The molecule has 1 aromatic heterocycles. The van der Waals surface area contributed by atoms with Gasteiger partial charge in [-0.1, -0.05) is 42.5 Å². The summed E-state index contributed by atoms with van der Waals surface area (Å²) >= 11 is 0. The summed E-state index contributed by atoms with van der Waals surface area (Å²) in [5.74, 6) is -0.506. The van der Waals surface area contributed by atoms with Crippen LogP contribution in [0.25, 0.3) is 10.9 Å². The van der Waals surface area contributed by atoms with Gasteiger partial charge in [0.1, 0.15) is 0 Å². The van der Waals surface area contributed by atoms with Gasteiger partial charge in [0.2, 0.25) is 0 Å². The number of para-hydroxylation sites is 1. The molecule has 0 amide bonds. The molecule has 0 saturated carbocycles. The maximum atomic E-state index is 12.2. The summed E-state index contributed by atoms with van der Waals surface area (Å²) in [7, 11) is 0. The Labute approximate surface area is 133 Å². The zero-order valence-corrected chi connectivity index (χ0v) is 12.5. The first-order chi connectivity index (χ1) is 11.2. The van der Waals surface area contributed by atoms with E-state index in [-0.39, 0.29) is 12.2 Å². The van der Waals surface area contributed by atoms with Crippen molar-refractivity contribution >= 4 is 10.9 Å². The number of H-pyrrole nitrogens is 1. The number of aromatic nitrogens is 1. The fourth-order valence-electron chi connectivity index (χ4n) is 2.63. The molecular weight excluding hydrogens is 288 g/mol. The number of hydrogen-bond acceptors (Lipinski definition) is 3. The maximum Gasteiger partial charge on any atom is 0.251 e. The normalized spacial score (nSPS) is 12.0. The molecule has 1 unspecified atom stereocenters. The number of fused-ring (bicyclic) bond motifs is 1. The molecule has 0 fully saturated rings. The number of nitriles is 1. The first-order valence-corrected chi connectivity index (χ1v) is 7.41. The van der Waals surface area contributed by atoms with Crippen molar-refractivity contribution in [2.24, 2.45) is 0 Å². The Bertz CT molecular complexity index is 920. The number of hydrogen-bond donors (Lipinski definition) is 2. The largest absolute Gasteiger partial charge is 0.395 e. The minimum atomic E-state index is -0.506. The van der Waals surface area contributed by atoms with E-state index in [2.05, 4.69) is 11.1 Å². The molecule has 2 aromatic carbocycles. The number of aromatic amines is 1. The van der Waals surface area contributed by atoms with E-state index in [4.69, 9.17) is 10.4 Å². The van der Waals surface area contributed by atoms with E-state index in [0.29, 0.717) is 12.0 Å². The number of nitrogens with zero attached hydrogens (tertiary/aromatic N) is 1. The topological polar surface area (TPSA) is 76.9 Å². The van der Waals surface area contributed by atoms with Crippen molar-refractivity contribution in [3.63, 3.8) is 0 Å². The van der Waals surface area contributed by atoms with Crippen LogP contribution in [0.1, 0.15) is 22.6 Å². The zero-order chi connectivity index (χ0) is 16.2. The highest BCUT2D eigenvalue weighted by atomic mass is 16.3. The van der Waals surface area contributed by atoms with Crippen molar-refractivity contribution < 1.29 is 5.11 Å². The molecule has 0 radical (unpaired) electrons. The number of benzene rings is 2. The molecule has 3 rings (SSSR count). The second kappa shape index (κ2) is 6.47. The molecular formula is C19H16N2O2. The zero-order valence-electron chi connectivity index (χ0n) is 12.5. The van der Waals surface area contributed by atoms with Crippen molar-refractivity contribution in [1.29, 1.82) is 5.26 Å². The van der Waals surface area contributed by atoms with Gasteiger partial charge in [0.15, 0.2) is 0 Å². The monoisotopic (exact) mass is 304 g/mol. The van der Waals surface area contributed by atoms with Gasteiger partial charge in [-0.15, -0.1) is 0 Å². The fourth-order valence-corrected chi connectivity index (χ4v) is 2.63. The lowest BCUT2D eigenvalue weighted by atomic mass is 9.98. The van der Waals surface area contributed by atoms with Crippen LogP contribution >= 0.6 is 0 Å². The summed E-state index contributed by atoms with van der Waals surface area (Å²) in [6.07, 6.45) is 0.525. The lowest BCUT2D eigenvalue weighted by Gasteiger charge is -2.08. The van der Waals surface area contributed by atoms with Crippen LogP contribution in [0.3, 0.4) is 0 Å². The number of nitrogens with one attached hydrogen (secondary N) is 1. The Hall–Kier alpha value is -2.90. The molecule has 0 bridgehead atoms. The van der Waals surface area contributed by atoms with Gasteiger partial charge in [0.05, 0.1) is 18.6 Å². The van der Waals surface area contributed by atoms with Gasteiger partial charge in [-0.05, 0) is 28.6 Å². The van der Waals surface area contributed by atoms with Gasteiger partial charge in [-0.25, -0.2) is 0 Å². The molecule has 4 heteroatoms. The van der Waals surface area contributed by atoms with E-state index in [9.17, 15) is 4.79 Å². The molecule has 23 heavy (non-hydrogen) atoms. The molecule has 0 aliphatic rings. The van der Waals surface area contributed by atoms with E-state index < -0.39 is 5.92 Å². The quantitative estimate of drug-likeness (QED) is 0.778. The highest BCUT2D eigenvalue weighted by Crippen LogP contribution is 2.17. The molecule has 1 atom stereocenters. The Morgan fingerprint density at radius 2 is 1.87 bits per heavy atom. The van der Waals surface area contributed by atoms with Crippen LogP contribution in [-0.2, 0) is 6.42 Å². The minimum absolute atomic E-state index is 0.0852. The van der Waals surface area contributed by atoms with Crippen molar-refractivity contribution in [3.8, 4) is 6.07 Å². The standard InChI is InChI=1S/C19H16N2O2/c20-11-17(12-22)14-7-5-13(6-8-14)9-16-10-15-3-1-2-4-18(15)21-19(16)23/h1-8,10,17,22H,9,12H2,(H,21,23). The van der Waals surface area contributed by atoms with Crippen molar-refractivity contribution in [1.82, 2.24) is 4.98 Å². The summed E-state index contributed by atoms with van der Waals surface area (Å²) in [6.45, 7) is -0.194. The third-order valence-corrected chi connectivity index (χ3v) is 3.95. The Balaban J connectivity index is 1.89. The number of aliphatic hydroxyl groups is 1. The van der Waals surface area contributed by atoms with Crippen molar-refractivity contribution in [2.45, 2.75) is 12.3 Å². The molecule has 1 heterocycles. The average molecular weight is 304 g/mol. The van der Waals surface area contributed by atoms with Gasteiger partial charge in [-0.2, -0.15) is 5.26 Å². The van der Waals surface area contributed by atoms with Gasteiger partial charge in [0, 0.05) is 17.5 Å². The Kier molecular flexibility index (Phi) is 4.22. The first kappa shape index (κ1) is 15.0. The highest BCUT2D eigenvalue weighted by molar-refractivity contribution is 5.78. The van der Waals surface area contributed by atoms with E-state index in [1.807, 2.05) is 54.6 Å². The smallest absolute Gasteiger partial charge is 0.251 e. The van der Waals surface area contributed by atoms with Gasteiger partial charge in [0.25, 0.3) is 5.56 Å². The van der Waals surface area contributed by atoms with Gasteiger partial charge < -0.3 is 10.1 Å². The van der Waals surface area contributed by atoms with Crippen LogP contribution in [0.5, 0.6) is 0 Å². The molecule has 114 valence electrons. The molecule has 0 saturated heterocycles. The molecule has 2 N–H and O–H groups in total. The predicted octanol–water partition coefficient (Wildman–Crippen LogP) is 2.72. The minimum Gasteiger partial charge on any atom is -0.395 e. The van der Waals surface area contributed by atoms with Gasteiger partial charge >= 0.3 is 0 Å². The lowest BCUT2D eigenvalue weighted by Crippen LogP contribution is -2.12. The van der Waals surface area contributed by atoms with Crippen LogP contribution in [0, 0.1) is 11.3 Å². The summed E-state index contributed by atoms with van der Waals surface area (Å²) in [5, 5.41) is 19.1. The summed E-state index contributed by atoms with van der Waals surface area (Å²) < 4.78 is 0. The van der Waals surface area contributed by atoms with Gasteiger partial charge in [-0.3, -0.25) is 4.79 Å². The number of rotatable bonds is 4. The Morgan fingerprint density at radius 1 is 1.13 bits per heavy atom. The van der Waals surface area contributed by atoms with Crippen LogP contribution in [0.2, 0.25) is 0 Å². The predicted molar refractivity (Wildman–Crippen MR) is 89.3 cm³/mol. The van der Waals surface area contributed by atoms with E-state index >= 15 is 0 Å². The second-order valence-corrected chi connectivity index (χ2v) is 5.49. The third-order valence-electron chi connectivity index (χ3n) is 3.95. The summed E-state index contributed by atoms with van der Waals surface area (Å²) in [4.78, 5) is 15.1. The van der Waals surface area contributed by atoms with E-state index in [1.165, 1.54) is 0 Å². The summed E-state index contributed by atoms with van der Waals surface area (Å²) in [6, 6.07) is 19.1. The second-order valence-electron chi connectivity index (χ2n) is 5.49. The van der Waals surface area contributed by atoms with Crippen LogP contribution < -0.4 is 5.56 Å². The summed E-state index contributed by atoms with van der Waals surface area (Å²) in [5.41, 5.74) is 3.22. The SMILES string of the molecule is N#CC(CO)c1ccc(Cc2cc3ccccc3[nH]c2=O)cc1. The first-order valence-electron chi connectivity index (χ1n) is 7.41. The van der Waals surface area contributed by atoms with Crippen LogP contribution in [0.15, 0.2) is 59.4 Å². The number of aliphatic hydroxyl groups excluding tert-OH is 1. The van der Waals surface area contributed by atoms with E-state index in [1.54, 1.807) is 0 Å². The van der Waals surface area contributed by atoms with E-state index in [0.717, 1.165) is 22.0 Å². The van der Waals surface area contributed by atoms with Crippen molar-refractivity contribution in [2.75, 3.05) is 6.61 Å². The molecule has 0 aliphatic carbocycles. The fraction of sp³-hybridized carbons (Fsp3) is 0.158. The van der Waals surface area contributed by atoms with Crippen molar-refractivity contribution in [3.05, 3.63) is 81.6 Å². The lowest BCUT2D eigenvalue weighted by molar-refractivity contribution is 0.286. The molecule has 3 aromatic rings. The highest BCUT2D eigenvalue weighted by Gasteiger charge is 2.09. The Morgan fingerprint density at radius 3 is 2.57 bits per heavy atom. The molecule has 0 aliphatic heterocycles. The third kappa shape index (κ3) is 3.15. The molecule has 4 nitrogen and oxygen atoms in total. The van der Waals surface area contributed by atoms with Crippen LogP contribution in [-0.4, -0.2) is 16.7 Å².